The molecule has 11 heavy (non-hydrogen) atoms. The summed E-state index contributed by atoms with van der Waals surface area (Å²) in [6, 6.07) is 0. The molecular weight excluding hydrogens is 132 g/mol. The van der Waals surface area contributed by atoms with Crippen LogP contribution >= 0.6 is 0 Å². The third kappa shape index (κ3) is 5.29. The van der Waals surface area contributed by atoms with Crippen molar-refractivity contribution in [2.75, 3.05) is 0 Å². The van der Waals surface area contributed by atoms with Crippen molar-refractivity contribution in [3.05, 3.63) is 6.42 Å². The fourth-order valence-corrected chi connectivity index (χ4v) is 1.29. The van der Waals surface area contributed by atoms with Gasteiger partial charge in [0, 0.05) is 0 Å². The Balaban J connectivity index is 3.48. The Morgan fingerprint density at radius 2 is 1.64 bits per heavy atom. The third-order valence-electron chi connectivity index (χ3n) is 2.43. The van der Waals surface area contributed by atoms with Crippen molar-refractivity contribution in [1.82, 2.24) is 0 Å². The molecule has 0 nitrogen and oxygen atoms in total. The van der Waals surface area contributed by atoms with Crippen molar-refractivity contribution < 1.29 is 0 Å². The van der Waals surface area contributed by atoms with Crippen molar-refractivity contribution in [1.29, 1.82) is 0 Å². The predicted octanol–water partition coefficient (Wildman–Crippen LogP) is 3.92. The van der Waals surface area contributed by atoms with Gasteiger partial charge in [0.05, 0.1) is 0 Å². The van der Waals surface area contributed by atoms with Crippen LogP contribution in [0.2, 0.25) is 0 Å². The molecule has 0 aliphatic carbocycles. The van der Waals surface area contributed by atoms with Gasteiger partial charge in [-0.2, -0.15) is 0 Å². The molecule has 0 fully saturated rings. The Hall–Kier alpha value is 0. The molecule has 0 aromatic heterocycles. The van der Waals surface area contributed by atoms with Gasteiger partial charge in [-0.25, -0.2) is 0 Å². The molecule has 2 unspecified atom stereocenters. The second-order valence-electron chi connectivity index (χ2n) is 4.06. The van der Waals surface area contributed by atoms with Crippen LogP contribution in [0.4, 0.5) is 0 Å². The second kappa shape index (κ2) is 5.62. The van der Waals surface area contributed by atoms with Crippen LogP contribution in [0.15, 0.2) is 0 Å². The van der Waals surface area contributed by atoms with Crippen molar-refractivity contribution in [2.45, 2.75) is 47.5 Å². The SMILES string of the molecule is CCCC(C)[CH]C(C)C(C)C. The summed E-state index contributed by atoms with van der Waals surface area (Å²) >= 11 is 0. The maximum absolute atomic E-state index is 2.49. The zero-order valence-corrected chi connectivity index (χ0v) is 8.72. The van der Waals surface area contributed by atoms with Crippen molar-refractivity contribution >= 4 is 0 Å². The van der Waals surface area contributed by atoms with Crippen LogP contribution in [-0.2, 0) is 0 Å². The molecule has 0 amide bonds. The summed E-state index contributed by atoms with van der Waals surface area (Å²) < 4.78 is 0. The van der Waals surface area contributed by atoms with E-state index in [0.29, 0.717) is 0 Å². The lowest BCUT2D eigenvalue weighted by Gasteiger charge is -2.19. The van der Waals surface area contributed by atoms with Crippen LogP contribution in [0.1, 0.15) is 47.5 Å². The molecule has 0 aliphatic rings. The summed E-state index contributed by atoms with van der Waals surface area (Å²) in [5.74, 6) is 2.38. The normalized spacial score (nSPS) is 16.9. The molecule has 0 saturated heterocycles. The van der Waals surface area contributed by atoms with E-state index >= 15 is 0 Å². The second-order valence-corrected chi connectivity index (χ2v) is 4.06. The Kier molecular flexibility index (Phi) is 5.62. The van der Waals surface area contributed by atoms with Crippen LogP contribution in [0.5, 0.6) is 0 Å². The summed E-state index contributed by atoms with van der Waals surface area (Å²) in [7, 11) is 0. The van der Waals surface area contributed by atoms with E-state index < -0.39 is 0 Å². The van der Waals surface area contributed by atoms with E-state index in [2.05, 4.69) is 41.0 Å². The Bertz CT molecular complexity index is 84.0. The largest absolute Gasteiger partial charge is 0.0654 e. The average molecular weight is 155 g/mol. The predicted molar refractivity (Wildman–Crippen MR) is 52.4 cm³/mol. The van der Waals surface area contributed by atoms with Crippen LogP contribution in [0, 0.1) is 24.2 Å². The molecule has 0 aromatic carbocycles. The quantitative estimate of drug-likeness (QED) is 0.564. The minimum absolute atomic E-state index is 0.775. The highest BCUT2D eigenvalue weighted by molar-refractivity contribution is 4.79. The van der Waals surface area contributed by atoms with Gasteiger partial charge in [0.25, 0.3) is 0 Å². The summed E-state index contributed by atoms with van der Waals surface area (Å²) in [5.41, 5.74) is 0. The molecule has 0 bridgehead atoms. The van der Waals surface area contributed by atoms with E-state index in [4.69, 9.17) is 0 Å². The van der Waals surface area contributed by atoms with E-state index in [1.807, 2.05) is 0 Å². The Morgan fingerprint density at radius 1 is 1.09 bits per heavy atom. The smallest absolute Gasteiger partial charge is 0.0327 e. The monoisotopic (exact) mass is 155 g/mol. The fourth-order valence-electron chi connectivity index (χ4n) is 1.29. The zero-order chi connectivity index (χ0) is 8.85. The molecule has 0 N–H and O–H groups in total. The maximum Gasteiger partial charge on any atom is -0.0327 e. The minimum atomic E-state index is 0.775. The van der Waals surface area contributed by atoms with E-state index in [1.54, 1.807) is 0 Å². The van der Waals surface area contributed by atoms with Crippen molar-refractivity contribution in [3.8, 4) is 0 Å². The summed E-state index contributed by atoms with van der Waals surface area (Å²) in [6.45, 7) is 11.5. The summed E-state index contributed by atoms with van der Waals surface area (Å²) in [4.78, 5) is 0. The Morgan fingerprint density at radius 3 is 2.00 bits per heavy atom. The lowest BCUT2D eigenvalue weighted by Crippen LogP contribution is -2.09. The standard InChI is InChI=1S/C11H23/c1-6-7-10(4)8-11(5)9(2)3/h8-11H,6-7H2,1-5H3. The third-order valence-corrected chi connectivity index (χ3v) is 2.43. The average Bonchev–Trinajstić information content (AvgIpc) is 1.87. The molecule has 0 saturated carbocycles. The first-order chi connectivity index (χ1) is 5.07. The van der Waals surface area contributed by atoms with Gasteiger partial charge in [0.2, 0.25) is 0 Å². The zero-order valence-electron chi connectivity index (χ0n) is 8.72. The van der Waals surface area contributed by atoms with Crippen LogP contribution in [0.25, 0.3) is 0 Å². The molecule has 0 aliphatic heterocycles. The number of hydrogen-bond acceptors (Lipinski definition) is 0. The molecule has 0 heteroatoms. The van der Waals surface area contributed by atoms with Gasteiger partial charge >= 0.3 is 0 Å². The van der Waals surface area contributed by atoms with Gasteiger partial charge in [-0.05, 0) is 24.2 Å². The van der Waals surface area contributed by atoms with Crippen molar-refractivity contribution in [2.24, 2.45) is 17.8 Å². The maximum atomic E-state index is 2.49. The number of rotatable bonds is 5. The highest BCUT2D eigenvalue weighted by atomic mass is 14.2. The summed E-state index contributed by atoms with van der Waals surface area (Å²) in [5, 5.41) is 0. The van der Waals surface area contributed by atoms with Crippen molar-refractivity contribution in [3.63, 3.8) is 0 Å². The van der Waals surface area contributed by atoms with E-state index in [-0.39, 0.29) is 0 Å². The molecule has 0 rings (SSSR count). The molecule has 0 heterocycles. The van der Waals surface area contributed by atoms with Gasteiger partial charge in [-0.3, -0.25) is 0 Å². The van der Waals surface area contributed by atoms with E-state index in [9.17, 15) is 0 Å². The van der Waals surface area contributed by atoms with Gasteiger partial charge in [0.15, 0.2) is 0 Å². The molecule has 2 atom stereocenters. The minimum Gasteiger partial charge on any atom is -0.0654 e. The summed E-state index contributed by atoms with van der Waals surface area (Å²) in [6.07, 6.45) is 5.15. The van der Waals surface area contributed by atoms with Crippen LogP contribution in [0.3, 0.4) is 0 Å². The topological polar surface area (TPSA) is 0 Å². The van der Waals surface area contributed by atoms with Crippen LogP contribution in [-0.4, -0.2) is 0 Å². The molecule has 0 aromatic rings. The van der Waals surface area contributed by atoms with E-state index in [0.717, 1.165) is 17.8 Å². The molecule has 0 spiro atoms. The van der Waals surface area contributed by atoms with Crippen LogP contribution < -0.4 is 0 Å². The highest BCUT2D eigenvalue weighted by Gasteiger charge is 2.11. The highest BCUT2D eigenvalue weighted by Crippen LogP contribution is 2.20. The Labute approximate surface area is 72.4 Å². The first kappa shape index (κ1) is 11.0. The first-order valence-corrected chi connectivity index (χ1v) is 4.92. The molecular formula is C11H23. The van der Waals surface area contributed by atoms with Gasteiger partial charge in [-0.15, -0.1) is 0 Å². The lowest BCUT2D eigenvalue weighted by molar-refractivity contribution is 0.415. The van der Waals surface area contributed by atoms with E-state index in [1.165, 1.54) is 12.8 Å². The van der Waals surface area contributed by atoms with Gasteiger partial charge in [0.1, 0.15) is 0 Å². The molecule has 67 valence electrons. The fraction of sp³-hybridized carbons (Fsp3) is 0.909. The molecule has 1 radical (unpaired) electrons. The van der Waals surface area contributed by atoms with Gasteiger partial charge in [-0.1, -0.05) is 47.5 Å². The van der Waals surface area contributed by atoms with Gasteiger partial charge < -0.3 is 0 Å². The number of hydrogen-bond donors (Lipinski definition) is 0. The lowest BCUT2D eigenvalue weighted by atomic mass is 9.87. The first-order valence-electron chi connectivity index (χ1n) is 4.92.